The molecule has 4 rings (SSSR count). The Morgan fingerprint density at radius 1 is 1.23 bits per heavy atom. The van der Waals surface area contributed by atoms with Gasteiger partial charge in [-0.1, -0.05) is 18.2 Å². The molecule has 1 saturated heterocycles. The molecule has 40 heavy (non-hydrogen) atoms. The first-order valence-corrected chi connectivity index (χ1v) is 12.7. The largest absolute Gasteiger partial charge is 0.493 e. The van der Waals surface area contributed by atoms with Crippen molar-refractivity contribution in [3.05, 3.63) is 59.9 Å². The maximum atomic E-state index is 14.6. The lowest BCUT2D eigenvalue weighted by Gasteiger charge is -2.38. The number of rotatable bonds is 10. The highest BCUT2D eigenvalue weighted by atomic mass is 35.5. The van der Waals surface area contributed by atoms with Crippen LogP contribution in [0.5, 0.6) is 11.5 Å². The second kappa shape index (κ2) is 12.9. The van der Waals surface area contributed by atoms with E-state index in [0.717, 1.165) is 6.07 Å². The van der Waals surface area contributed by atoms with Crippen LogP contribution in [0.15, 0.2) is 43.2 Å². The number of fused-ring (bicyclic) bond motifs is 1. The first-order chi connectivity index (χ1) is 19.3. The molecule has 0 bridgehead atoms. The molecule has 0 aliphatic carbocycles. The van der Waals surface area contributed by atoms with Crippen molar-refractivity contribution in [2.24, 2.45) is 0 Å². The predicted octanol–water partition coefficient (Wildman–Crippen LogP) is 4.00. The molecule has 1 fully saturated rings. The summed E-state index contributed by atoms with van der Waals surface area (Å²) >= 11 is 5.73. The number of hydrogen-bond donors (Lipinski definition) is 2. The van der Waals surface area contributed by atoms with Crippen molar-refractivity contribution in [2.45, 2.75) is 25.0 Å². The summed E-state index contributed by atoms with van der Waals surface area (Å²) in [5.41, 5.74) is 0.392. The van der Waals surface area contributed by atoms with Gasteiger partial charge in [0.05, 0.1) is 24.9 Å². The molecule has 10 nitrogen and oxygen atoms in total. The van der Waals surface area contributed by atoms with Crippen LogP contribution in [0.3, 0.4) is 0 Å². The number of piperidine rings is 1. The number of hydrogen-bond acceptors (Lipinski definition) is 8. The second-order valence-corrected chi connectivity index (χ2v) is 9.27. The van der Waals surface area contributed by atoms with Gasteiger partial charge in [-0.25, -0.2) is 18.7 Å². The average Bonchev–Trinajstić information content (AvgIpc) is 2.97. The fraction of sp³-hybridized carbons (Fsp3) is 0.333. The Labute approximate surface area is 234 Å². The number of likely N-dealkylation sites (tertiary alicyclic amines) is 1. The summed E-state index contributed by atoms with van der Waals surface area (Å²) in [7, 11) is 3.00. The number of anilines is 2. The highest BCUT2D eigenvalue weighted by Crippen LogP contribution is 2.37. The SMILES string of the molecule is C=CC(=O)N1CCC(Oc2cc3c(Nc4ccc(F)c(Cl)c4F)ncnc3cc2OC)CC1C(=O)NCCOC. The first kappa shape index (κ1) is 29.0. The Morgan fingerprint density at radius 3 is 2.75 bits per heavy atom. The van der Waals surface area contributed by atoms with Gasteiger partial charge in [-0.2, -0.15) is 0 Å². The summed E-state index contributed by atoms with van der Waals surface area (Å²) in [6.45, 7) is 4.43. The molecule has 2 aromatic carbocycles. The number of carbonyl (C=O) groups is 2. The van der Waals surface area contributed by atoms with Crippen LogP contribution in [0, 0.1) is 11.6 Å². The molecule has 1 aromatic heterocycles. The van der Waals surface area contributed by atoms with Crippen molar-refractivity contribution in [2.75, 3.05) is 39.2 Å². The number of methoxy groups -OCH3 is 2. The Balaban J connectivity index is 1.62. The number of nitrogens with zero attached hydrogens (tertiary/aromatic N) is 3. The zero-order valence-electron chi connectivity index (χ0n) is 21.9. The number of aromatic nitrogens is 2. The Hall–Kier alpha value is -4.03. The number of ether oxygens (including phenoxy) is 3. The van der Waals surface area contributed by atoms with Crippen LogP contribution >= 0.6 is 11.6 Å². The smallest absolute Gasteiger partial charge is 0.246 e. The molecule has 1 aliphatic heterocycles. The summed E-state index contributed by atoms with van der Waals surface area (Å²) in [6.07, 6.45) is 2.67. The quantitative estimate of drug-likeness (QED) is 0.212. The maximum absolute atomic E-state index is 14.6. The molecule has 2 atom stereocenters. The zero-order valence-corrected chi connectivity index (χ0v) is 22.6. The molecule has 1 aliphatic rings. The zero-order chi connectivity index (χ0) is 28.8. The second-order valence-electron chi connectivity index (χ2n) is 8.89. The molecule has 2 unspecified atom stereocenters. The Bertz CT molecular complexity index is 1430. The lowest BCUT2D eigenvalue weighted by Crippen LogP contribution is -2.55. The lowest BCUT2D eigenvalue weighted by atomic mass is 9.98. The minimum Gasteiger partial charge on any atom is -0.493 e. The first-order valence-electron chi connectivity index (χ1n) is 12.4. The van der Waals surface area contributed by atoms with Gasteiger partial charge in [-0.3, -0.25) is 9.59 Å². The third-order valence-corrected chi connectivity index (χ3v) is 6.77. The van der Waals surface area contributed by atoms with E-state index in [9.17, 15) is 18.4 Å². The molecule has 0 saturated carbocycles. The lowest BCUT2D eigenvalue weighted by molar-refractivity contribution is -0.140. The highest BCUT2D eigenvalue weighted by molar-refractivity contribution is 6.31. The number of benzene rings is 2. The van der Waals surface area contributed by atoms with Crippen LogP contribution in [0.2, 0.25) is 5.02 Å². The van der Waals surface area contributed by atoms with Gasteiger partial charge in [0.1, 0.15) is 35.1 Å². The van der Waals surface area contributed by atoms with Crippen molar-refractivity contribution < 1.29 is 32.6 Å². The average molecular weight is 576 g/mol. The van der Waals surface area contributed by atoms with Crippen LogP contribution in [0.25, 0.3) is 10.9 Å². The number of carbonyl (C=O) groups excluding carboxylic acids is 2. The molecule has 2 heterocycles. The summed E-state index contributed by atoms with van der Waals surface area (Å²) in [4.78, 5) is 35.3. The summed E-state index contributed by atoms with van der Waals surface area (Å²) in [5, 5.41) is 5.43. The van der Waals surface area contributed by atoms with Crippen LogP contribution in [0.1, 0.15) is 12.8 Å². The van der Waals surface area contributed by atoms with E-state index in [1.165, 1.54) is 37.6 Å². The number of amides is 2. The van der Waals surface area contributed by atoms with Gasteiger partial charge >= 0.3 is 0 Å². The van der Waals surface area contributed by atoms with E-state index in [4.69, 9.17) is 25.8 Å². The van der Waals surface area contributed by atoms with Gasteiger partial charge in [0.25, 0.3) is 0 Å². The highest BCUT2D eigenvalue weighted by Gasteiger charge is 2.36. The number of halogens is 3. The van der Waals surface area contributed by atoms with E-state index < -0.39 is 28.8 Å². The molecule has 2 amide bonds. The van der Waals surface area contributed by atoms with Crippen LogP contribution in [0.4, 0.5) is 20.3 Å². The molecule has 212 valence electrons. The van der Waals surface area contributed by atoms with E-state index in [1.807, 2.05) is 0 Å². The van der Waals surface area contributed by atoms with E-state index in [2.05, 4.69) is 27.2 Å². The van der Waals surface area contributed by atoms with Crippen LogP contribution in [-0.2, 0) is 14.3 Å². The van der Waals surface area contributed by atoms with E-state index >= 15 is 0 Å². The van der Waals surface area contributed by atoms with E-state index in [-0.39, 0.29) is 36.3 Å². The molecule has 0 spiro atoms. The van der Waals surface area contributed by atoms with Crippen molar-refractivity contribution in [1.82, 2.24) is 20.2 Å². The van der Waals surface area contributed by atoms with Gasteiger partial charge < -0.3 is 29.7 Å². The van der Waals surface area contributed by atoms with Gasteiger partial charge in [-0.05, 0) is 24.3 Å². The van der Waals surface area contributed by atoms with Gasteiger partial charge in [0, 0.05) is 44.5 Å². The summed E-state index contributed by atoms with van der Waals surface area (Å²) in [5.74, 6) is -1.60. The minimum absolute atomic E-state index is 0.0775. The number of nitrogens with one attached hydrogen (secondary N) is 2. The minimum atomic E-state index is -0.964. The molecular weight excluding hydrogens is 548 g/mol. The van der Waals surface area contributed by atoms with Crippen molar-refractivity contribution in [3.63, 3.8) is 0 Å². The van der Waals surface area contributed by atoms with E-state index in [1.54, 1.807) is 12.1 Å². The summed E-state index contributed by atoms with van der Waals surface area (Å²) < 4.78 is 45.0. The molecule has 3 aromatic rings. The standard InChI is InChI=1S/C27H28ClF2N5O5/c1-4-23(36)35-9-7-15(11-20(35)27(37)31-8-10-38-2)40-22-12-16-19(13-21(22)39-3)32-14-33-26(16)34-18-6-5-17(29)24(28)25(18)30/h4-6,12-15,20H,1,7-11H2,2-3H3,(H,31,37)(H,32,33,34). The topological polar surface area (TPSA) is 115 Å². The fourth-order valence-corrected chi connectivity index (χ4v) is 4.57. The third kappa shape index (κ3) is 6.23. The fourth-order valence-electron chi connectivity index (χ4n) is 4.41. The normalized spacial score (nSPS) is 16.9. The summed E-state index contributed by atoms with van der Waals surface area (Å²) in [6, 6.07) is 4.74. The molecule has 0 radical (unpaired) electrons. The predicted molar refractivity (Wildman–Crippen MR) is 145 cm³/mol. The monoisotopic (exact) mass is 575 g/mol. The van der Waals surface area contributed by atoms with Crippen molar-refractivity contribution >= 4 is 45.8 Å². The maximum Gasteiger partial charge on any atom is 0.246 e. The van der Waals surface area contributed by atoms with Gasteiger partial charge in [0.2, 0.25) is 11.8 Å². The van der Waals surface area contributed by atoms with Crippen LogP contribution < -0.4 is 20.1 Å². The van der Waals surface area contributed by atoms with Gasteiger partial charge in [-0.15, -0.1) is 0 Å². The van der Waals surface area contributed by atoms with Crippen LogP contribution in [-0.4, -0.2) is 72.7 Å². The Kier molecular flexibility index (Phi) is 9.33. The van der Waals surface area contributed by atoms with Crippen molar-refractivity contribution in [3.8, 4) is 11.5 Å². The van der Waals surface area contributed by atoms with E-state index in [0.29, 0.717) is 42.0 Å². The Morgan fingerprint density at radius 2 is 2.02 bits per heavy atom. The molecule has 2 N–H and O–H groups in total. The molecular formula is C27H28ClF2N5O5. The third-order valence-electron chi connectivity index (χ3n) is 6.42. The molecule has 13 heteroatoms. The van der Waals surface area contributed by atoms with Gasteiger partial charge in [0.15, 0.2) is 17.3 Å². The van der Waals surface area contributed by atoms with Crippen molar-refractivity contribution in [1.29, 1.82) is 0 Å².